The van der Waals surface area contributed by atoms with Crippen molar-refractivity contribution in [1.29, 1.82) is 0 Å². The van der Waals surface area contributed by atoms with Crippen molar-refractivity contribution < 1.29 is 9.72 Å². The Bertz CT molecular complexity index is 1250. The number of primary amides is 1. The number of nitrogens with zero attached hydrogens (tertiary/aromatic N) is 1. The van der Waals surface area contributed by atoms with Gasteiger partial charge >= 0.3 is 0 Å². The number of fused-ring (bicyclic) bond motifs is 1. The highest BCUT2D eigenvalue weighted by Gasteiger charge is 2.17. The molecule has 0 bridgehead atoms. The second-order valence-electron chi connectivity index (χ2n) is 7.02. The van der Waals surface area contributed by atoms with Crippen molar-refractivity contribution in [2.24, 2.45) is 5.73 Å². The number of aromatic nitrogens is 1. The van der Waals surface area contributed by atoms with Crippen LogP contribution in [0.25, 0.3) is 10.9 Å². The summed E-state index contributed by atoms with van der Waals surface area (Å²) in [5, 5.41) is 15.1. The van der Waals surface area contributed by atoms with Crippen LogP contribution in [0.15, 0.2) is 82.6 Å². The number of hydrogen-bond donors (Lipinski definition) is 3. The minimum atomic E-state index is -0.500. The third kappa shape index (κ3) is 4.76. The van der Waals surface area contributed by atoms with Gasteiger partial charge in [0.2, 0.25) is 0 Å². The molecule has 3 aromatic carbocycles. The van der Waals surface area contributed by atoms with Crippen LogP contribution in [0.5, 0.6) is 0 Å². The number of carbonyl (C=O) groups is 1. The molecule has 0 radical (unpaired) electrons. The zero-order valence-corrected chi connectivity index (χ0v) is 17.3. The lowest BCUT2D eigenvalue weighted by molar-refractivity contribution is -0.384. The Balaban J connectivity index is 1.52. The Morgan fingerprint density at radius 1 is 1.00 bits per heavy atom. The number of nitrogens with one attached hydrogen (secondary N) is 2. The van der Waals surface area contributed by atoms with Gasteiger partial charge in [0.1, 0.15) is 5.69 Å². The molecule has 0 saturated heterocycles. The third-order valence-electron chi connectivity index (χ3n) is 4.80. The summed E-state index contributed by atoms with van der Waals surface area (Å²) >= 11 is 1.50. The largest absolute Gasteiger partial charge is 0.364 e. The first-order valence-corrected chi connectivity index (χ1v) is 10.4. The molecular formula is C23H20N4O3S. The summed E-state index contributed by atoms with van der Waals surface area (Å²) in [7, 11) is 0. The van der Waals surface area contributed by atoms with Gasteiger partial charge in [-0.3, -0.25) is 14.9 Å². The fraction of sp³-hybridized carbons (Fsp3) is 0.0870. The molecule has 0 fully saturated rings. The van der Waals surface area contributed by atoms with Gasteiger partial charge in [-0.15, -0.1) is 0 Å². The van der Waals surface area contributed by atoms with Crippen LogP contribution >= 0.6 is 11.8 Å². The monoisotopic (exact) mass is 432 g/mol. The molecular weight excluding hydrogens is 412 g/mol. The third-order valence-corrected chi connectivity index (χ3v) is 5.94. The molecule has 4 aromatic rings. The van der Waals surface area contributed by atoms with E-state index in [1.807, 2.05) is 54.6 Å². The Hall–Kier alpha value is -3.62. The van der Waals surface area contributed by atoms with Gasteiger partial charge in [0.05, 0.1) is 9.82 Å². The number of rotatable bonds is 8. The smallest absolute Gasteiger partial charge is 0.269 e. The molecule has 0 atom stereocenters. The summed E-state index contributed by atoms with van der Waals surface area (Å²) in [5.41, 5.74) is 8.77. The predicted octanol–water partition coefficient (Wildman–Crippen LogP) is 4.62. The second kappa shape index (κ2) is 9.03. The summed E-state index contributed by atoms with van der Waals surface area (Å²) in [6, 6.07) is 22.3. The van der Waals surface area contributed by atoms with Crippen molar-refractivity contribution in [3.05, 3.63) is 99.7 Å². The molecule has 4 N–H and O–H groups in total. The zero-order valence-electron chi connectivity index (χ0n) is 16.5. The van der Waals surface area contributed by atoms with Crippen LogP contribution in [0.4, 0.5) is 5.69 Å². The number of carbonyl (C=O) groups excluding carboxylic acids is 1. The van der Waals surface area contributed by atoms with Crippen LogP contribution in [0, 0.1) is 10.1 Å². The lowest BCUT2D eigenvalue weighted by Crippen LogP contribution is -2.12. The van der Waals surface area contributed by atoms with E-state index in [4.69, 9.17) is 5.73 Å². The van der Waals surface area contributed by atoms with E-state index in [0.717, 1.165) is 31.8 Å². The highest BCUT2D eigenvalue weighted by molar-refractivity contribution is 7.99. The van der Waals surface area contributed by atoms with Gasteiger partial charge in [-0.1, -0.05) is 54.2 Å². The molecule has 31 heavy (non-hydrogen) atoms. The first kappa shape index (κ1) is 20.6. The Morgan fingerprint density at radius 2 is 1.74 bits per heavy atom. The molecule has 4 rings (SSSR count). The first-order chi connectivity index (χ1) is 15.0. The summed E-state index contributed by atoms with van der Waals surface area (Å²) in [5.74, 6) is -0.500. The molecule has 7 nitrogen and oxygen atoms in total. The normalized spacial score (nSPS) is 11.0. The van der Waals surface area contributed by atoms with Crippen LogP contribution in [0.1, 0.15) is 21.6 Å². The lowest BCUT2D eigenvalue weighted by Gasteiger charge is -2.06. The Morgan fingerprint density at radius 3 is 2.45 bits per heavy atom. The maximum absolute atomic E-state index is 12.0. The average molecular weight is 433 g/mol. The van der Waals surface area contributed by atoms with Crippen molar-refractivity contribution in [2.45, 2.75) is 22.9 Å². The second-order valence-corrected chi connectivity index (χ2v) is 8.10. The SMILES string of the molecule is NC(=O)c1[nH]c2cc(CNCc3cccc([N+](=O)[O-])c3)ccc2c1Sc1ccccc1. The maximum Gasteiger partial charge on any atom is 0.269 e. The summed E-state index contributed by atoms with van der Waals surface area (Å²) < 4.78 is 0. The number of nitro benzene ring substituents is 1. The number of H-pyrrole nitrogens is 1. The van der Waals surface area contributed by atoms with Gasteiger partial charge < -0.3 is 16.0 Å². The Labute approximate surface area is 182 Å². The van der Waals surface area contributed by atoms with E-state index in [-0.39, 0.29) is 5.69 Å². The minimum Gasteiger partial charge on any atom is -0.364 e. The number of hydrogen-bond acceptors (Lipinski definition) is 5. The number of nitro groups is 1. The molecule has 1 aromatic heterocycles. The first-order valence-electron chi connectivity index (χ1n) is 9.62. The molecule has 0 unspecified atom stereocenters. The van der Waals surface area contributed by atoms with Crippen molar-refractivity contribution in [2.75, 3.05) is 0 Å². The standard InChI is InChI=1S/C23H20N4O3S/c24-23(28)21-22(31-18-7-2-1-3-8-18)19-10-9-16(12-20(19)26-21)14-25-13-15-5-4-6-17(11-15)27(29)30/h1-12,25-26H,13-14H2,(H2,24,28). The molecule has 156 valence electrons. The van der Waals surface area contributed by atoms with Gasteiger partial charge in [-0.05, 0) is 29.3 Å². The maximum atomic E-state index is 12.0. The number of amides is 1. The van der Waals surface area contributed by atoms with Crippen molar-refractivity contribution in [3.63, 3.8) is 0 Å². The molecule has 0 aliphatic carbocycles. The molecule has 1 amide bonds. The van der Waals surface area contributed by atoms with Crippen LogP contribution in [-0.4, -0.2) is 15.8 Å². The quantitative estimate of drug-likeness (QED) is 0.278. The summed E-state index contributed by atoms with van der Waals surface area (Å²) in [6.07, 6.45) is 0. The minimum absolute atomic E-state index is 0.0783. The number of nitrogens with two attached hydrogens (primary N) is 1. The van der Waals surface area contributed by atoms with Crippen LogP contribution < -0.4 is 11.1 Å². The molecule has 8 heteroatoms. The van der Waals surface area contributed by atoms with Crippen molar-refractivity contribution >= 4 is 34.3 Å². The van der Waals surface area contributed by atoms with E-state index >= 15 is 0 Å². The van der Waals surface area contributed by atoms with Gasteiger partial charge in [0.15, 0.2) is 0 Å². The van der Waals surface area contributed by atoms with E-state index in [0.29, 0.717) is 18.8 Å². The molecule has 0 spiro atoms. The van der Waals surface area contributed by atoms with E-state index in [1.54, 1.807) is 12.1 Å². The topological polar surface area (TPSA) is 114 Å². The van der Waals surface area contributed by atoms with E-state index < -0.39 is 10.8 Å². The van der Waals surface area contributed by atoms with Gasteiger partial charge in [-0.25, -0.2) is 0 Å². The van der Waals surface area contributed by atoms with E-state index in [2.05, 4.69) is 10.3 Å². The average Bonchev–Trinajstić information content (AvgIpc) is 3.12. The molecule has 0 aliphatic rings. The zero-order chi connectivity index (χ0) is 21.8. The number of aromatic amines is 1. The molecule has 0 aliphatic heterocycles. The molecule has 1 heterocycles. The van der Waals surface area contributed by atoms with Crippen LogP contribution in [-0.2, 0) is 13.1 Å². The van der Waals surface area contributed by atoms with Crippen molar-refractivity contribution in [1.82, 2.24) is 10.3 Å². The Kier molecular flexibility index (Phi) is 6.01. The van der Waals surface area contributed by atoms with E-state index in [1.165, 1.54) is 17.8 Å². The van der Waals surface area contributed by atoms with Gasteiger partial charge in [0.25, 0.3) is 11.6 Å². The fourth-order valence-electron chi connectivity index (χ4n) is 3.35. The lowest BCUT2D eigenvalue weighted by atomic mass is 10.1. The summed E-state index contributed by atoms with van der Waals surface area (Å²) in [4.78, 5) is 27.5. The number of non-ortho nitro benzene ring substituents is 1. The van der Waals surface area contributed by atoms with Gasteiger partial charge in [0, 0.05) is 41.0 Å². The summed E-state index contributed by atoms with van der Waals surface area (Å²) in [6.45, 7) is 1.08. The van der Waals surface area contributed by atoms with E-state index in [9.17, 15) is 14.9 Å². The fourth-order valence-corrected chi connectivity index (χ4v) is 4.42. The number of benzene rings is 3. The van der Waals surface area contributed by atoms with Crippen LogP contribution in [0.3, 0.4) is 0 Å². The highest BCUT2D eigenvalue weighted by Crippen LogP contribution is 2.36. The van der Waals surface area contributed by atoms with Gasteiger partial charge in [-0.2, -0.15) is 0 Å². The highest BCUT2D eigenvalue weighted by atomic mass is 32.2. The predicted molar refractivity (Wildman–Crippen MR) is 121 cm³/mol. The van der Waals surface area contributed by atoms with Crippen molar-refractivity contribution in [3.8, 4) is 0 Å². The molecule has 0 saturated carbocycles. The van der Waals surface area contributed by atoms with Crippen LogP contribution in [0.2, 0.25) is 0 Å².